The summed E-state index contributed by atoms with van der Waals surface area (Å²) < 4.78 is 28.3. The molecule has 1 aliphatic heterocycles. The van der Waals surface area contributed by atoms with E-state index in [1.165, 1.54) is 4.68 Å². The van der Waals surface area contributed by atoms with Gasteiger partial charge in [0.05, 0.1) is 10.2 Å². The number of aromatic nitrogens is 2. The van der Waals surface area contributed by atoms with E-state index in [0.717, 1.165) is 23.0 Å². The molecule has 1 N–H and O–H groups in total. The highest BCUT2D eigenvalue weighted by atomic mass is 79.9. The zero-order chi connectivity index (χ0) is 13.3. The summed E-state index contributed by atoms with van der Waals surface area (Å²) in [4.78, 5) is 0. The Morgan fingerprint density at radius 3 is 2.89 bits per heavy atom. The molecule has 2 unspecified atom stereocenters. The van der Waals surface area contributed by atoms with Crippen molar-refractivity contribution in [1.82, 2.24) is 9.78 Å². The van der Waals surface area contributed by atoms with Crippen LogP contribution in [0.2, 0.25) is 0 Å². The van der Waals surface area contributed by atoms with Crippen LogP contribution in [0.4, 0.5) is 14.6 Å². The number of nitrogens with zero attached hydrogens (tertiary/aromatic N) is 2. The monoisotopic (exact) mass is 321 g/mol. The van der Waals surface area contributed by atoms with E-state index in [9.17, 15) is 8.78 Å². The van der Waals surface area contributed by atoms with Gasteiger partial charge in [0.2, 0.25) is 0 Å². The van der Waals surface area contributed by atoms with Crippen molar-refractivity contribution in [2.45, 2.75) is 51.5 Å². The van der Waals surface area contributed by atoms with Gasteiger partial charge in [-0.2, -0.15) is 5.10 Å². The van der Waals surface area contributed by atoms with Crippen LogP contribution in [-0.4, -0.2) is 22.8 Å². The van der Waals surface area contributed by atoms with Gasteiger partial charge in [-0.05, 0) is 28.8 Å². The summed E-state index contributed by atoms with van der Waals surface area (Å²) in [5, 5.41) is 7.55. The normalized spacial score (nSPS) is 20.7. The Labute approximate surface area is 114 Å². The molecule has 6 heteroatoms. The number of hydrogen-bond donors (Lipinski definition) is 1. The molecule has 0 spiro atoms. The third-order valence-corrected chi connectivity index (χ3v) is 4.19. The van der Waals surface area contributed by atoms with E-state index in [2.05, 4.69) is 40.2 Å². The lowest BCUT2D eigenvalue weighted by molar-refractivity contribution is 0.0712. The fourth-order valence-electron chi connectivity index (χ4n) is 2.41. The SMILES string of the molecule is CCCC(C)c1nn2c(c1Br)NCCC2C(F)F. The van der Waals surface area contributed by atoms with Crippen molar-refractivity contribution in [2.75, 3.05) is 11.9 Å². The fraction of sp³-hybridized carbons (Fsp3) is 0.750. The molecule has 2 atom stereocenters. The van der Waals surface area contributed by atoms with Gasteiger partial charge in [-0.1, -0.05) is 20.3 Å². The van der Waals surface area contributed by atoms with E-state index in [-0.39, 0.29) is 5.92 Å². The zero-order valence-corrected chi connectivity index (χ0v) is 12.2. The minimum absolute atomic E-state index is 0.280. The molecule has 0 radical (unpaired) electrons. The van der Waals surface area contributed by atoms with Crippen LogP contribution < -0.4 is 5.32 Å². The number of alkyl halides is 2. The zero-order valence-electron chi connectivity index (χ0n) is 10.6. The number of nitrogens with one attached hydrogen (secondary N) is 1. The van der Waals surface area contributed by atoms with Crippen LogP contribution in [-0.2, 0) is 0 Å². The third kappa shape index (κ3) is 2.39. The Morgan fingerprint density at radius 2 is 2.28 bits per heavy atom. The van der Waals surface area contributed by atoms with Gasteiger partial charge in [0, 0.05) is 12.5 Å². The first-order valence-electron chi connectivity index (χ1n) is 6.36. The van der Waals surface area contributed by atoms with Crippen molar-refractivity contribution < 1.29 is 8.78 Å². The molecule has 2 heterocycles. The van der Waals surface area contributed by atoms with Crippen molar-refractivity contribution in [1.29, 1.82) is 0 Å². The van der Waals surface area contributed by atoms with Gasteiger partial charge >= 0.3 is 0 Å². The predicted molar refractivity (Wildman–Crippen MR) is 71.4 cm³/mol. The third-order valence-electron chi connectivity index (χ3n) is 3.40. The lowest BCUT2D eigenvalue weighted by atomic mass is 10.0. The van der Waals surface area contributed by atoms with Gasteiger partial charge in [0.1, 0.15) is 11.9 Å². The maximum Gasteiger partial charge on any atom is 0.260 e. The quantitative estimate of drug-likeness (QED) is 0.901. The number of hydrogen-bond acceptors (Lipinski definition) is 2. The van der Waals surface area contributed by atoms with E-state index < -0.39 is 12.5 Å². The highest BCUT2D eigenvalue weighted by Crippen LogP contribution is 2.38. The summed E-state index contributed by atoms with van der Waals surface area (Å²) in [7, 11) is 0. The van der Waals surface area contributed by atoms with Crippen molar-refractivity contribution in [3.05, 3.63) is 10.2 Å². The second-order valence-electron chi connectivity index (χ2n) is 4.80. The van der Waals surface area contributed by atoms with E-state index >= 15 is 0 Å². The Bertz CT molecular complexity index is 420. The van der Waals surface area contributed by atoms with E-state index in [0.29, 0.717) is 18.8 Å². The smallest absolute Gasteiger partial charge is 0.260 e. The number of fused-ring (bicyclic) bond motifs is 1. The first kappa shape index (κ1) is 13.8. The lowest BCUT2D eigenvalue weighted by Gasteiger charge is -2.24. The number of halogens is 3. The molecule has 0 fully saturated rings. The molecule has 1 aromatic rings. The number of anilines is 1. The molecule has 18 heavy (non-hydrogen) atoms. The maximum absolute atomic E-state index is 13.0. The minimum atomic E-state index is -2.37. The minimum Gasteiger partial charge on any atom is -0.369 e. The van der Waals surface area contributed by atoms with Crippen molar-refractivity contribution in [3.63, 3.8) is 0 Å². The Hall–Kier alpha value is -0.650. The van der Waals surface area contributed by atoms with Gasteiger partial charge in [-0.3, -0.25) is 0 Å². The summed E-state index contributed by atoms with van der Waals surface area (Å²) in [6.45, 7) is 4.77. The molecule has 0 bridgehead atoms. The molecule has 0 amide bonds. The highest BCUT2D eigenvalue weighted by Gasteiger charge is 2.32. The topological polar surface area (TPSA) is 29.9 Å². The van der Waals surface area contributed by atoms with E-state index in [4.69, 9.17) is 0 Å². The second kappa shape index (κ2) is 5.55. The van der Waals surface area contributed by atoms with Crippen LogP contribution >= 0.6 is 15.9 Å². The molecule has 0 aromatic carbocycles. The van der Waals surface area contributed by atoms with Crippen LogP contribution in [0.1, 0.15) is 50.8 Å². The average Bonchev–Trinajstić information content (AvgIpc) is 2.67. The molecule has 0 aliphatic carbocycles. The highest BCUT2D eigenvalue weighted by molar-refractivity contribution is 9.10. The van der Waals surface area contributed by atoms with Gasteiger partial charge in [-0.15, -0.1) is 0 Å². The van der Waals surface area contributed by atoms with Gasteiger partial charge in [-0.25, -0.2) is 13.5 Å². The number of rotatable bonds is 4. The van der Waals surface area contributed by atoms with Crippen molar-refractivity contribution in [3.8, 4) is 0 Å². The molecular formula is C12H18BrF2N3. The summed E-state index contributed by atoms with van der Waals surface area (Å²) in [6, 6.07) is -0.805. The van der Waals surface area contributed by atoms with Crippen LogP contribution in [0, 0.1) is 0 Å². The lowest BCUT2D eigenvalue weighted by Crippen LogP contribution is -2.28. The standard InChI is InChI=1S/C12H18BrF2N3/c1-3-4-7(2)10-9(13)12-16-6-5-8(11(14)15)18(12)17-10/h7-8,11,16H,3-6H2,1-2H3. The van der Waals surface area contributed by atoms with Crippen LogP contribution in [0.5, 0.6) is 0 Å². The Morgan fingerprint density at radius 1 is 1.56 bits per heavy atom. The Kier molecular flexibility index (Phi) is 4.25. The van der Waals surface area contributed by atoms with E-state index in [1.54, 1.807) is 0 Å². The molecular weight excluding hydrogens is 304 g/mol. The van der Waals surface area contributed by atoms with Gasteiger partial charge < -0.3 is 5.32 Å². The largest absolute Gasteiger partial charge is 0.369 e. The molecule has 3 nitrogen and oxygen atoms in total. The van der Waals surface area contributed by atoms with Crippen molar-refractivity contribution >= 4 is 21.7 Å². The fourth-order valence-corrected chi connectivity index (χ4v) is 3.20. The van der Waals surface area contributed by atoms with Crippen LogP contribution in [0.3, 0.4) is 0 Å². The van der Waals surface area contributed by atoms with Crippen LogP contribution in [0.15, 0.2) is 4.47 Å². The molecule has 1 aliphatic rings. The summed E-state index contributed by atoms with van der Waals surface area (Å²) in [6.07, 6.45) is 0.114. The molecule has 1 aromatic heterocycles. The first-order chi connectivity index (χ1) is 8.56. The Balaban J connectivity index is 2.36. The van der Waals surface area contributed by atoms with E-state index in [1.807, 2.05) is 0 Å². The summed E-state index contributed by atoms with van der Waals surface area (Å²) >= 11 is 3.49. The molecule has 2 rings (SSSR count). The molecule has 0 saturated heterocycles. The molecule has 102 valence electrons. The summed E-state index contributed by atoms with van der Waals surface area (Å²) in [5.74, 6) is 0.979. The predicted octanol–water partition coefficient (Wildman–Crippen LogP) is 4.17. The van der Waals surface area contributed by atoms with Crippen molar-refractivity contribution in [2.24, 2.45) is 0 Å². The average molecular weight is 322 g/mol. The van der Waals surface area contributed by atoms with Gasteiger partial charge in [0.15, 0.2) is 0 Å². The molecule has 0 saturated carbocycles. The maximum atomic E-state index is 13.0. The second-order valence-corrected chi connectivity index (χ2v) is 5.59. The summed E-state index contributed by atoms with van der Waals surface area (Å²) in [5.41, 5.74) is 0.881. The van der Waals surface area contributed by atoms with Gasteiger partial charge in [0.25, 0.3) is 6.43 Å². The van der Waals surface area contributed by atoms with Crippen LogP contribution in [0.25, 0.3) is 0 Å². The first-order valence-corrected chi connectivity index (χ1v) is 7.15.